The van der Waals surface area contributed by atoms with Gasteiger partial charge in [0.15, 0.2) is 0 Å². The molecule has 42 heavy (non-hydrogen) atoms. The molecule has 5 aromatic carbocycles. The zero-order valence-electron chi connectivity index (χ0n) is 24.3. The van der Waals surface area contributed by atoms with Gasteiger partial charge in [-0.1, -0.05) is 121 Å². The van der Waals surface area contributed by atoms with E-state index in [4.69, 9.17) is 0 Å². The molecule has 6 rings (SSSR count). The molecule has 0 unspecified atom stereocenters. The second-order valence-electron chi connectivity index (χ2n) is 10.8. The maximum absolute atomic E-state index is 13.0. The predicted octanol–water partition coefficient (Wildman–Crippen LogP) is 8.52. The first kappa shape index (κ1) is 27.3. The minimum Gasteiger partial charge on any atom is -0.343 e. The summed E-state index contributed by atoms with van der Waals surface area (Å²) >= 11 is 0. The third kappa shape index (κ3) is 3.99. The zero-order valence-corrected chi connectivity index (χ0v) is 24.3. The lowest BCUT2D eigenvalue weighted by Gasteiger charge is -2.43. The number of hydrogen-bond acceptors (Lipinski definition) is 4. The van der Waals surface area contributed by atoms with Gasteiger partial charge in [0.05, 0.1) is 16.0 Å². The summed E-state index contributed by atoms with van der Waals surface area (Å²) in [7, 11) is 0. The van der Waals surface area contributed by atoms with Crippen molar-refractivity contribution in [2.75, 3.05) is 22.9 Å². The van der Waals surface area contributed by atoms with Crippen LogP contribution >= 0.6 is 0 Å². The zero-order chi connectivity index (χ0) is 29.3. The second kappa shape index (κ2) is 10.8. The van der Waals surface area contributed by atoms with Crippen molar-refractivity contribution in [1.82, 2.24) is 0 Å². The van der Waals surface area contributed by atoms with Gasteiger partial charge in [-0.25, -0.2) is 0 Å². The minimum atomic E-state index is -0.786. The summed E-state index contributed by atoms with van der Waals surface area (Å²) in [4.78, 5) is 17.3. The summed E-state index contributed by atoms with van der Waals surface area (Å²) in [6.45, 7) is 7.68. The molecule has 0 saturated heterocycles. The molecule has 0 saturated carbocycles. The van der Waals surface area contributed by atoms with Gasteiger partial charge in [0, 0.05) is 19.2 Å². The molecule has 1 aliphatic heterocycles. The lowest BCUT2D eigenvalue weighted by atomic mass is 9.65. The molecule has 1 aliphatic rings. The molecular weight excluding hydrogens is 518 g/mol. The van der Waals surface area contributed by atoms with Gasteiger partial charge in [0.2, 0.25) is 0 Å². The molecule has 0 amide bonds. The predicted molar refractivity (Wildman–Crippen MR) is 171 cm³/mol. The molecule has 210 valence electrons. The van der Waals surface area contributed by atoms with Crippen LogP contribution in [0.1, 0.15) is 48.6 Å². The van der Waals surface area contributed by atoms with Gasteiger partial charge in [0.25, 0.3) is 5.69 Å². The molecule has 0 radical (unpaired) electrons. The number of nitrogens with zero attached hydrogens (tertiary/aromatic N) is 3. The highest BCUT2D eigenvalue weighted by Gasteiger charge is 2.51. The normalized spacial score (nSPS) is 16.4. The van der Waals surface area contributed by atoms with Gasteiger partial charge < -0.3 is 9.80 Å². The van der Waals surface area contributed by atoms with Crippen molar-refractivity contribution in [2.45, 2.75) is 31.8 Å². The lowest BCUT2D eigenvalue weighted by Crippen LogP contribution is -2.52. The van der Waals surface area contributed by atoms with Crippen molar-refractivity contribution in [2.24, 2.45) is 0 Å². The van der Waals surface area contributed by atoms with Crippen molar-refractivity contribution < 1.29 is 4.92 Å². The van der Waals surface area contributed by atoms with E-state index in [0.29, 0.717) is 18.8 Å². The molecule has 5 aromatic rings. The highest BCUT2D eigenvalue weighted by molar-refractivity contribution is 5.89. The fourth-order valence-electron chi connectivity index (χ4n) is 7.11. The van der Waals surface area contributed by atoms with E-state index in [0.717, 1.165) is 33.5 Å². The van der Waals surface area contributed by atoms with Crippen LogP contribution in [0, 0.1) is 10.1 Å². The fourth-order valence-corrected chi connectivity index (χ4v) is 7.11. The Balaban J connectivity index is 1.74. The first-order valence-corrected chi connectivity index (χ1v) is 14.6. The van der Waals surface area contributed by atoms with Crippen LogP contribution in [0.2, 0.25) is 0 Å². The number of benzene rings is 5. The van der Waals surface area contributed by atoms with Gasteiger partial charge in [0.1, 0.15) is 11.4 Å². The van der Waals surface area contributed by atoms with E-state index in [9.17, 15) is 10.1 Å². The molecule has 0 bridgehead atoms. The number of fused-ring (bicyclic) bond motifs is 1. The van der Waals surface area contributed by atoms with Gasteiger partial charge >= 0.3 is 0 Å². The Kier molecular flexibility index (Phi) is 7.03. The Bertz CT molecular complexity index is 1590. The van der Waals surface area contributed by atoms with E-state index < -0.39 is 11.1 Å². The highest BCUT2D eigenvalue weighted by Crippen LogP contribution is 2.56. The van der Waals surface area contributed by atoms with E-state index in [1.165, 1.54) is 0 Å². The van der Waals surface area contributed by atoms with Crippen molar-refractivity contribution in [3.05, 3.63) is 171 Å². The van der Waals surface area contributed by atoms with Crippen LogP contribution in [0.15, 0.2) is 133 Å². The van der Waals surface area contributed by atoms with Crippen LogP contribution in [0.5, 0.6) is 0 Å². The van der Waals surface area contributed by atoms with Crippen LogP contribution in [0.25, 0.3) is 0 Å². The quantitative estimate of drug-likeness (QED) is 0.110. The van der Waals surface area contributed by atoms with Crippen molar-refractivity contribution in [3.63, 3.8) is 0 Å². The highest BCUT2D eigenvalue weighted by atomic mass is 16.6. The standard InChI is InChI=1S/C37H35N3O2/c1-4-38-33-26-32(27-34(40(41)42)35(33)39(5-2)36(38,3)28-18-10-6-11-19-28)37(29-20-12-7-13-21-29,30-22-14-8-15-23-30)31-24-16-9-17-25-31/h6-27H,4-5H2,1-3H3/t36-/m0/s1. The molecule has 5 heteroatoms. The van der Waals surface area contributed by atoms with Crippen LogP contribution in [0.3, 0.4) is 0 Å². The van der Waals surface area contributed by atoms with Gasteiger partial charge in [-0.05, 0) is 54.7 Å². The number of nitro groups is 1. The number of rotatable bonds is 8. The monoisotopic (exact) mass is 553 g/mol. The van der Waals surface area contributed by atoms with Crippen molar-refractivity contribution in [1.29, 1.82) is 0 Å². The van der Waals surface area contributed by atoms with E-state index in [-0.39, 0.29) is 10.6 Å². The van der Waals surface area contributed by atoms with Gasteiger partial charge in [-0.3, -0.25) is 10.1 Å². The second-order valence-corrected chi connectivity index (χ2v) is 10.8. The summed E-state index contributed by atoms with van der Waals surface area (Å²) in [5, 5.41) is 13.0. The molecule has 0 aliphatic carbocycles. The summed E-state index contributed by atoms with van der Waals surface area (Å²) in [6, 6.07) is 45.4. The molecule has 1 heterocycles. The molecule has 0 aromatic heterocycles. The first-order chi connectivity index (χ1) is 20.5. The summed E-state index contributed by atoms with van der Waals surface area (Å²) in [6.07, 6.45) is 0. The Morgan fingerprint density at radius 1 is 0.643 bits per heavy atom. The summed E-state index contributed by atoms with van der Waals surface area (Å²) in [5.41, 5.74) is 5.41. The molecule has 0 fully saturated rings. The number of hydrogen-bond donors (Lipinski definition) is 0. The maximum atomic E-state index is 13.0. The Labute approximate surface area is 247 Å². The molecule has 5 nitrogen and oxygen atoms in total. The largest absolute Gasteiger partial charge is 0.343 e. The number of nitro benzene ring substituents is 1. The molecule has 0 N–H and O–H groups in total. The molecule has 1 atom stereocenters. The topological polar surface area (TPSA) is 49.6 Å². The average Bonchev–Trinajstić information content (AvgIpc) is 3.30. The third-order valence-corrected chi connectivity index (χ3v) is 8.88. The van der Waals surface area contributed by atoms with Crippen LogP contribution in [-0.2, 0) is 11.1 Å². The summed E-state index contributed by atoms with van der Waals surface area (Å²) in [5.74, 6) is 0. The van der Waals surface area contributed by atoms with Crippen molar-refractivity contribution >= 4 is 17.1 Å². The molecular formula is C37H35N3O2. The Morgan fingerprint density at radius 2 is 1.07 bits per heavy atom. The van der Waals surface area contributed by atoms with Crippen LogP contribution in [0.4, 0.5) is 17.1 Å². The Morgan fingerprint density at radius 3 is 1.48 bits per heavy atom. The van der Waals surface area contributed by atoms with E-state index in [1.54, 1.807) is 0 Å². The van der Waals surface area contributed by atoms with E-state index >= 15 is 0 Å². The maximum Gasteiger partial charge on any atom is 0.295 e. The Hall–Kier alpha value is -4.90. The lowest BCUT2D eigenvalue weighted by molar-refractivity contribution is -0.384. The van der Waals surface area contributed by atoms with Gasteiger partial charge in [-0.2, -0.15) is 0 Å². The fraction of sp³-hybridized carbons (Fsp3) is 0.189. The SMILES string of the molecule is CCN1c2cc(C(c3ccccc3)(c3ccccc3)c3ccccc3)cc([N+](=O)[O-])c2N(CC)[C@@]1(C)c1ccccc1. The molecule has 0 spiro atoms. The van der Waals surface area contributed by atoms with Crippen LogP contribution < -0.4 is 9.80 Å². The average molecular weight is 554 g/mol. The smallest absolute Gasteiger partial charge is 0.295 e. The minimum absolute atomic E-state index is 0.120. The van der Waals surface area contributed by atoms with Gasteiger partial charge in [-0.15, -0.1) is 0 Å². The van der Waals surface area contributed by atoms with E-state index in [1.807, 2.05) is 78.9 Å². The van der Waals surface area contributed by atoms with Crippen LogP contribution in [-0.4, -0.2) is 18.0 Å². The van der Waals surface area contributed by atoms with E-state index in [2.05, 4.69) is 85.2 Å². The number of anilines is 2. The summed E-state index contributed by atoms with van der Waals surface area (Å²) < 4.78 is 0. The third-order valence-electron chi connectivity index (χ3n) is 8.88. The first-order valence-electron chi connectivity index (χ1n) is 14.6. The van der Waals surface area contributed by atoms with Crippen molar-refractivity contribution in [3.8, 4) is 0 Å².